The fraction of sp³-hybridized carbons (Fsp3) is 0.312. The zero-order valence-corrected chi connectivity index (χ0v) is 14.7. The summed E-state index contributed by atoms with van der Waals surface area (Å²) in [7, 11) is -3.89. The number of rotatable bonds is 4. The minimum atomic E-state index is -3.89. The number of benzene rings is 1. The van der Waals surface area contributed by atoms with Gasteiger partial charge >= 0.3 is 5.97 Å². The first-order valence-corrected chi connectivity index (χ1v) is 10.1. The molecule has 1 atom stereocenters. The van der Waals surface area contributed by atoms with E-state index >= 15 is 0 Å². The lowest BCUT2D eigenvalue weighted by atomic mass is 10.2. The lowest BCUT2D eigenvalue weighted by Gasteiger charge is -2.20. The van der Waals surface area contributed by atoms with Crippen molar-refractivity contribution in [2.45, 2.75) is 16.6 Å². The summed E-state index contributed by atoms with van der Waals surface area (Å²) >= 11 is 1.61. The maximum atomic E-state index is 13.5. The number of sulfonamides is 1. The third kappa shape index (κ3) is 3.73. The summed E-state index contributed by atoms with van der Waals surface area (Å²) in [5.41, 5.74) is -0.654. The number of thioether (sulfide) groups is 1. The van der Waals surface area contributed by atoms with Crippen molar-refractivity contribution in [3.63, 3.8) is 0 Å². The number of aromatic carboxylic acids is 1. The van der Waals surface area contributed by atoms with Crippen molar-refractivity contribution in [2.24, 2.45) is 0 Å². The van der Waals surface area contributed by atoms with Crippen LogP contribution in [-0.2, 0) is 10.0 Å². The molecule has 6 nitrogen and oxygen atoms in total. The highest BCUT2D eigenvalue weighted by molar-refractivity contribution is 7.99. The average molecular weight is 385 g/mol. The van der Waals surface area contributed by atoms with Gasteiger partial charge in [-0.1, -0.05) is 0 Å². The molecular weight excluding hydrogens is 369 g/mol. The maximum Gasteiger partial charge on any atom is 0.338 e. The van der Waals surface area contributed by atoms with Crippen LogP contribution in [0.3, 0.4) is 0 Å². The highest BCUT2D eigenvalue weighted by atomic mass is 32.2. The van der Waals surface area contributed by atoms with Gasteiger partial charge in [0.1, 0.15) is 11.6 Å². The normalized spacial score (nSPS) is 19.5. The molecule has 0 aliphatic carbocycles. The second-order valence-electron chi connectivity index (χ2n) is 5.51. The number of halogens is 1. The summed E-state index contributed by atoms with van der Waals surface area (Å²) in [6.45, 7) is 0.574. The molecule has 1 aromatic heterocycles. The Kier molecular flexibility index (Phi) is 5.16. The van der Waals surface area contributed by atoms with E-state index in [9.17, 15) is 17.6 Å². The first-order valence-electron chi connectivity index (χ1n) is 7.57. The Morgan fingerprint density at radius 2 is 2.12 bits per heavy atom. The van der Waals surface area contributed by atoms with E-state index < -0.39 is 27.4 Å². The van der Waals surface area contributed by atoms with Crippen LogP contribution in [0.25, 0.3) is 0 Å². The molecule has 1 aromatic carbocycles. The topological polar surface area (TPSA) is 87.8 Å². The second-order valence-corrected chi connectivity index (χ2v) is 8.76. The SMILES string of the molecule is O=C(O)c1cc(S(=O)(=O)N2CCSC(c3ccco3)CC2)ccc1F. The molecule has 3 rings (SSSR count). The minimum absolute atomic E-state index is 0.0676. The largest absolute Gasteiger partial charge is 0.478 e. The molecule has 25 heavy (non-hydrogen) atoms. The maximum absolute atomic E-state index is 13.5. The van der Waals surface area contributed by atoms with E-state index in [-0.39, 0.29) is 16.7 Å². The van der Waals surface area contributed by atoms with E-state index in [0.717, 1.165) is 24.0 Å². The van der Waals surface area contributed by atoms with Gasteiger partial charge < -0.3 is 9.52 Å². The fourth-order valence-electron chi connectivity index (χ4n) is 2.67. The summed E-state index contributed by atoms with van der Waals surface area (Å²) < 4.78 is 45.8. The summed E-state index contributed by atoms with van der Waals surface area (Å²) in [4.78, 5) is 10.8. The molecular formula is C16H16FNO5S2. The zero-order valence-electron chi connectivity index (χ0n) is 13.1. The fourth-order valence-corrected chi connectivity index (χ4v) is 5.45. The predicted octanol–water partition coefficient (Wildman–Crippen LogP) is 2.99. The van der Waals surface area contributed by atoms with Crippen LogP contribution in [0.15, 0.2) is 45.9 Å². The summed E-state index contributed by atoms with van der Waals surface area (Å²) in [5.74, 6) is -1.08. The lowest BCUT2D eigenvalue weighted by Crippen LogP contribution is -2.33. The van der Waals surface area contributed by atoms with Crippen molar-refractivity contribution in [1.82, 2.24) is 4.31 Å². The number of furan rings is 1. The number of carboxylic acid groups (broad SMARTS) is 1. The molecule has 1 fully saturated rings. The van der Waals surface area contributed by atoms with Gasteiger partial charge in [0.2, 0.25) is 10.0 Å². The molecule has 1 aliphatic rings. The smallest absolute Gasteiger partial charge is 0.338 e. The Balaban J connectivity index is 1.83. The highest BCUT2D eigenvalue weighted by Crippen LogP contribution is 2.35. The van der Waals surface area contributed by atoms with Crippen LogP contribution in [0.1, 0.15) is 27.8 Å². The van der Waals surface area contributed by atoms with Crippen LogP contribution in [0.4, 0.5) is 4.39 Å². The number of hydrogen-bond acceptors (Lipinski definition) is 5. The number of carbonyl (C=O) groups is 1. The van der Waals surface area contributed by atoms with Crippen LogP contribution >= 0.6 is 11.8 Å². The van der Waals surface area contributed by atoms with Crippen LogP contribution in [0.5, 0.6) is 0 Å². The van der Waals surface area contributed by atoms with Crippen molar-refractivity contribution in [2.75, 3.05) is 18.8 Å². The molecule has 1 saturated heterocycles. The minimum Gasteiger partial charge on any atom is -0.478 e. The Hall–Kier alpha value is -1.84. The lowest BCUT2D eigenvalue weighted by molar-refractivity contribution is 0.0691. The van der Waals surface area contributed by atoms with E-state index in [2.05, 4.69) is 0 Å². The van der Waals surface area contributed by atoms with Crippen molar-refractivity contribution in [1.29, 1.82) is 0 Å². The number of hydrogen-bond donors (Lipinski definition) is 1. The van der Waals surface area contributed by atoms with Gasteiger partial charge in [0, 0.05) is 18.8 Å². The van der Waals surface area contributed by atoms with Crippen LogP contribution in [-0.4, -0.2) is 42.6 Å². The monoisotopic (exact) mass is 385 g/mol. The van der Waals surface area contributed by atoms with Crippen LogP contribution < -0.4 is 0 Å². The summed E-state index contributed by atoms with van der Waals surface area (Å²) in [6, 6.07) is 6.49. The Morgan fingerprint density at radius 3 is 2.80 bits per heavy atom. The molecule has 0 spiro atoms. The van der Waals surface area contributed by atoms with Crippen LogP contribution in [0, 0.1) is 5.82 Å². The van der Waals surface area contributed by atoms with Gasteiger partial charge in [-0.15, -0.1) is 11.8 Å². The van der Waals surface area contributed by atoms with Crippen LogP contribution in [0.2, 0.25) is 0 Å². The Labute approximate surface area is 148 Å². The summed E-state index contributed by atoms with van der Waals surface area (Å²) in [6.07, 6.45) is 2.16. The second kappa shape index (κ2) is 7.19. The van der Waals surface area contributed by atoms with Gasteiger partial charge in [-0.2, -0.15) is 4.31 Å². The molecule has 1 unspecified atom stereocenters. The Morgan fingerprint density at radius 1 is 1.32 bits per heavy atom. The molecule has 1 aliphatic heterocycles. The molecule has 9 heteroatoms. The first kappa shape index (κ1) is 18.0. The highest BCUT2D eigenvalue weighted by Gasteiger charge is 2.30. The molecule has 0 radical (unpaired) electrons. The van der Waals surface area contributed by atoms with E-state index in [1.165, 1.54) is 4.31 Å². The van der Waals surface area contributed by atoms with E-state index in [4.69, 9.17) is 9.52 Å². The van der Waals surface area contributed by atoms with Crippen molar-refractivity contribution < 1.29 is 27.1 Å². The predicted molar refractivity (Wildman–Crippen MR) is 90.6 cm³/mol. The number of carboxylic acids is 1. The van der Waals surface area contributed by atoms with Crippen molar-refractivity contribution in [3.8, 4) is 0 Å². The van der Waals surface area contributed by atoms with E-state index in [1.807, 2.05) is 6.07 Å². The van der Waals surface area contributed by atoms with Gasteiger partial charge in [-0.3, -0.25) is 0 Å². The average Bonchev–Trinajstić information content (AvgIpc) is 2.98. The molecule has 2 aromatic rings. The molecule has 1 N–H and O–H groups in total. The van der Waals surface area contributed by atoms with E-state index in [1.54, 1.807) is 24.1 Å². The third-order valence-corrected chi connectivity index (χ3v) is 7.15. The molecule has 134 valence electrons. The molecule has 0 bridgehead atoms. The van der Waals surface area contributed by atoms with Gasteiger partial charge in [0.25, 0.3) is 0 Å². The number of nitrogens with zero attached hydrogens (tertiary/aromatic N) is 1. The quantitative estimate of drug-likeness (QED) is 0.871. The van der Waals surface area contributed by atoms with Gasteiger partial charge in [-0.25, -0.2) is 17.6 Å². The first-order chi connectivity index (χ1) is 11.9. The standard InChI is InChI=1S/C16H16FNO5S2/c17-13-4-3-11(10-12(13)16(19)20)25(21,22)18-6-5-15(24-9-7-18)14-2-1-8-23-14/h1-4,8,10,15H,5-7,9H2,(H,19,20). The molecule has 0 amide bonds. The van der Waals surface area contributed by atoms with E-state index in [0.29, 0.717) is 18.7 Å². The van der Waals surface area contributed by atoms with Gasteiger partial charge in [-0.05, 0) is 36.8 Å². The van der Waals surface area contributed by atoms with Crippen molar-refractivity contribution in [3.05, 3.63) is 53.7 Å². The third-order valence-electron chi connectivity index (χ3n) is 3.97. The van der Waals surface area contributed by atoms with Gasteiger partial charge in [0.15, 0.2) is 0 Å². The van der Waals surface area contributed by atoms with Crippen molar-refractivity contribution >= 4 is 27.8 Å². The Bertz CT molecular complexity index is 867. The van der Waals surface area contributed by atoms with Gasteiger partial charge in [0.05, 0.1) is 22.0 Å². The molecule has 2 heterocycles. The summed E-state index contributed by atoms with van der Waals surface area (Å²) in [5, 5.41) is 9.06. The molecule has 0 saturated carbocycles. The zero-order chi connectivity index (χ0) is 18.0.